The number of hydrogen-bond donors (Lipinski definition) is 0. The Labute approximate surface area is 501 Å². The van der Waals surface area contributed by atoms with Gasteiger partial charge in [-0.05, 0) is 135 Å². The summed E-state index contributed by atoms with van der Waals surface area (Å²) in [5.41, 5.74) is 0. The molecule has 0 fully saturated rings. The average molecular weight is 1150 g/mol. The molecule has 0 saturated heterocycles. The molecule has 0 rings (SSSR count). The van der Waals surface area contributed by atoms with Crippen LogP contribution in [0, 0.1) is 0 Å². The highest BCUT2D eigenvalue weighted by molar-refractivity contribution is 7.45. The van der Waals surface area contributed by atoms with Crippen molar-refractivity contribution in [3.63, 3.8) is 0 Å². The highest BCUT2D eigenvalue weighted by atomic mass is 31.2. The quantitative estimate of drug-likeness (QED) is 0.0195. The van der Waals surface area contributed by atoms with E-state index in [0.717, 1.165) is 141 Å². The Morgan fingerprint density at radius 3 is 0.988 bits per heavy atom. The maximum Gasteiger partial charge on any atom is 0.306 e. The van der Waals surface area contributed by atoms with Crippen LogP contribution in [-0.4, -0.2) is 70.0 Å². The van der Waals surface area contributed by atoms with Gasteiger partial charge in [-0.1, -0.05) is 241 Å². The molecule has 0 aromatic carbocycles. The highest BCUT2D eigenvalue weighted by Crippen LogP contribution is 2.38. The Hall–Kier alpha value is -4.89. The molecule has 0 heterocycles. The molecule has 0 bridgehead atoms. The van der Waals surface area contributed by atoms with Gasteiger partial charge in [-0.3, -0.25) is 14.2 Å². The fourth-order valence-corrected chi connectivity index (χ4v) is 8.38. The van der Waals surface area contributed by atoms with E-state index in [1.807, 2.05) is 21.1 Å². The molecule has 0 N–H and O–H groups in total. The lowest BCUT2D eigenvalue weighted by Crippen LogP contribution is -2.37. The summed E-state index contributed by atoms with van der Waals surface area (Å²) in [4.78, 5) is 38.0. The molecule has 0 aliphatic heterocycles. The highest BCUT2D eigenvalue weighted by Gasteiger charge is 2.21. The number of phosphoric ester groups is 1. The molecule has 0 amide bonds. The van der Waals surface area contributed by atoms with Crippen molar-refractivity contribution in [3.05, 3.63) is 182 Å². The Bertz CT molecular complexity index is 2030. The third-order valence-electron chi connectivity index (χ3n) is 12.4. The van der Waals surface area contributed by atoms with Crippen LogP contribution in [0.25, 0.3) is 0 Å². The van der Waals surface area contributed by atoms with Crippen molar-refractivity contribution < 1.29 is 42.1 Å². The number of phosphoric acid groups is 1. The molecule has 2 unspecified atom stereocenters. The van der Waals surface area contributed by atoms with Gasteiger partial charge in [-0.2, -0.15) is 0 Å². The second kappa shape index (κ2) is 60.7. The fraction of sp³-hybridized carbons (Fsp3) is 0.556. The Morgan fingerprint density at radius 1 is 0.378 bits per heavy atom. The summed E-state index contributed by atoms with van der Waals surface area (Å²) in [7, 11) is 1.11. The molecule has 10 heteroatoms. The van der Waals surface area contributed by atoms with Crippen LogP contribution in [0.4, 0.5) is 0 Å². The minimum atomic E-state index is -4.67. The van der Waals surface area contributed by atoms with Gasteiger partial charge in [0.25, 0.3) is 7.82 Å². The molecular formula is C72H114NO8P. The molecule has 0 aromatic heterocycles. The predicted octanol–water partition coefficient (Wildman–Crippen LogP) is 19.7. The molecule has 9 nitrogen and oxygen atoms in total. The number of likely N-dealkylation sites (N-methyl/N-ethyl adjacent to an activating group) is 1. The van der Waals surface area contributed by atoms with Crippen LogP contribution >= 0.6 is 7.82 Å². The average Bonchev–Trinajstić information content (AvgIpc) is 3.46. The zero-order chi connectivity index (χ0) is 59.8. The largest absolute Gasteiger partial charge is 0.756 e. The molecule has 0 aromatic rings. The normalized spacial score (nSPS) is 14.5. The molecular weight excluding hydrogens is 1040 g/mol. The minimum absolute atomic E-state index is 0.0495. The van der Waals surface area contributed by atoms with E-state index in [2.05, 4.69) is 196 Å². The van der Waals surface area contributed by atoms with Gasteiger partial charge in [-0.15, -0.1) is 0 Å². The van der Waals surface area contributed by atoms with Crippen molar-refractivity contribution in [2.45, 2.75) is 213 Å². The van der Waals surface area contributed by atoms with Crippen LogP contribution < -0.4 is 4.89 Å². The zero-order valence-electron chi connectivity index (χ0n) is 52.1. The van der Waals surface area contributed by atoms with Crippen LogP contribution in [0.1, 0.15) is 206 Å². The van der Waals surface area contributed by atoms with E-state index < -0.39 is 32.5 Å². The number of allylic oxidation sites excluding steroid dienone is 30. The number of quaternary nitrogens is 1. The second-order valence-corrected chi connectivity index (χ2v) is 22.7. The van der Waals surface area contributed by atoms with Crippen molar-refractivity contribution in [2.75, 3.05) is 47.5 Å². The standard InChI is InChI=1S/C72H114NO8P/c1-6-8-10-12-14-16-18-20-22-24-26-28-30-32-33-34-35-36-37-38-39-41-43-45-47-49-51-53-55-57-59-61-63-65-72(75)81-70(69-80-82(76,77)79-67-66-73(3,4)5)68-78-71(74)64-62-60-58-56-54-52-50-48-46-44-42-40-31-29-27-25-23-21-19-17-15-13-11-9-7-2/h8-11,14-17,20-23,26-29,32-33,35-36,38-40,42-43,45-46,48,52,54,70H,6-7,12-13,18-19,24-25,30-31,34,37,41,44,47,49-51,53,55-69H2,1-5H3/b10-8-,11-9-,16-14-,17-15-,22-20-,23-21-,28-26-,29-27-,33-32-,36-35-,39-38-,42-40-,45-43-,48-46-,54-52-. The molecule has 0 spiro atoms. The maximum absolute atomic E-state index is 12.8. The first kappa shape index (κ1) is 77.1. The molecule has 0 aliphatic carbocycles. The van der Waals surface area contributed by atoms with Crippen molar-refractivity contribution >= 4 is 19.8 Å². The van der Waals surface area contributed by atoms with Crippen molar-refractivity contribution in [2.24, 2.45) is 0 Å². The van der Waals surface area contributed by atoms with Crippen LogP contribution in [0.3, 0.4) is 0 Å². The van der Waals surface area contributed by atoms with Crippen LogP contribution in [0.2, 0.25) is 0 Å². The lowest BCUT2D eigenvalue weighted by atomic mass is 10.1. The smallest absolute Gasteiger partial charge is 0.306 e. The number of hydrogen-bond acceptors (Lipinski definition) is 8. The lowest BCUT2D eigenvalue weighted by Gasteiger charge is -2.28. The van der Waals surface area contributed by atoms with E-state index in [0.29, 0.717) is 23.9 Å². The number of esters is 2. The van der Waals surface area contributed by atoms with Gasteiger partial charge in [-0.25, -0.2) is 0 Å². The summed E-state index contributed by atoms with van der Waals surface area (Å²) in [6.45, 7) is 3.93. The van der Waals surface area contributed by atoms with Crippen molar-refractivity contribution in [1.29, 1.82) is 0 Å². The van der Waals surface area contributed by atoms with Gasteiger partial charge < -0.3 is 27.9 Å². The second-order valence-electron chi connectivity index (χ2n) is 21.3. The third kappa shape index (κ3) is 64.3. The fourth-order valence-electron chi connectivity index (χ4n) is 7.65. The van der Waals surface area contributed by atoms with Crippen molar-refractivity contribution in [1.82, 2.24) is 0 Å². The van der Waals surface area contributed by atoms with E-state index >= 15 is 0 Å². The third-order valence-corrected chi connectivity index (χ3v) is 13.4. The molecule has 0 saturated carbocycles. The first-order valence-electron chi connectivity index (χ1n) is 31.5. The van der Waals surface area contributed by atoms with Crippen molar-refractivity contribution in [3.8, 4) is 0 Å². The monoisotopic (exact) mass is 1150 g/mol. The molecule has 2 atom stereocenters. The summed E-state index contributed by atoms with van der Waals surface area (Å²) in [5, 5.41) is 0. The van der Waals surface area contributed by atoms with Crippen LogP contribution in [0.15, 0.2) is 182 Å². The number of rotatable bonds is 55. The molecule has 0 radical (unpaired) electrons. The number of ether oxygens (including phenoxy) is 2. The minimum Gasteiger partial charge on any atom is -0.756 e. The van der Waals surface area contributed by atoms with Gasteiger partial charge in [0.15, 0.2) is 6.10 Å². The van der Waals surface area contributed by atoms with Crippen LogP contribution in [0.5, 0.6) is 0 Å². The van der Waals surface area contributed by atoms with Gasteiger partial charge >= 0.3 is 11.9 Å². The number of unbranched alkanes of at least 4 members (excludes halogenated alkanes) is 11. The number of carbonyl (C=O) groups is 2. The summed E-state index contributed by atoms with van der Waals surface area (Å²) >= 11 is 0. The van der Waals surface area contributed by atoms with E-state index in [-0.39, 0.29) is 26.1 Å². The summed E-state index contributed by atoms with van der Waals surface area (Å²) in [6, 6.07) is 0. The first-order valence-corrected chi connectivity index (χ1v) is 33.0. The van der Waals surface area contributed by atoms with E-state index in [1.54, 1.807) is 0 Å². The number of carbonyl (C=O) groups excluding carboxylic acids is 2. The lowest BCUT2D eigenvalue weighted by molar-refractivity contribution is -0.870. The van der Waals surface area contributed by atoms with E-state index in [9.17, 15) is 19.0 Å². The van der Waals surface area contributed by atoms with Gasteiger partial charge in [0.1, 0.15) is 19.8 Å². The van der Waals surface area contributed by atoms with Gasteiger partial charge in [0, 0.05) is 12.8 Å². The maximum atomic E-state index is 12.8. The summed E-state index contributed by atoms with van der Waals surface area (Å²) in [5.74, 6) is -0.898. The first-order chi connectivity index (χ1) is 40.0. The Kier molecular flexibility index (Phi) is 57.1. The topological polar surface area (TPSA) is 111 Å². The summed E-state index contributed by atoms with van der Waals surface area (Å²) < 4.78 is 34.2. The predicted molar refractivity (Wildman–Crippen MR) is 350 cm³/mol. The number of nitrogens with zero attached hydrogens (tertiary/aromatic N) is 1. The Balaban J connectivity index is 4.27. The zero-order valence-corrected chi connectivity index (χ0v) is 53.0. The van der Waals surface area contributed by atoms with Crippen LogP contribution in [-0.2, 0) is 32.7 Å². The summed E-state index contributed by atoms with van der Waals surface area (Å²) in [6.07, 6.45) is 93.7. The molecule has 460 valence electrons. The SMILES string of the molecule is CC/C=C\C/C=C\C/C=C\C/C=C\C/C=C\C/C=C\C/C=C\C/C=C\CCCCCCCCCCC(=O)OC(COC(=O)CCCCC/C=C\C/C=C\C/C=C\C/C=C\C/C=C\C/C=C\C/C=C\CC)COP(=O)([O-])OCC[N+](C)(C)C. The van der Waals surface area contributed by atoms with Gasteiger partial charge in [0.05, 0.1) is 27.7 Å². The van der Waals surface area contributed by atoms with Gasteiger partial charge in [0.2, 0.25) is 0 Å². The molecule has 0 aliphatic rings. The Morgan fingerprint density at radius 2 is 0.659 bits per heavy atom. The van der Waals surface area contributed by atoms with E-state index in [1.165, 1.54) is 25.7 Å². The van der Waals surface area contributed by atoms with E-state index in [4.69, 9.17) is 18.5 Å². The molecule has 82 heavy (non-hydrogen) atoms.